The summed E-state index contributed by atoms with van der Waals surface area (Å²) in [5, 5.41) is 0.935. The Morgan fingerprint density at radius 2 is 1.96 bits per heavy atom. The fourth-order valence-electron chi connectivity index (χ4n) is 2.09. The van der Waals surface area contributed by atoms with Crippen molar-refractivity contribution in [1.82, 2.24) is 9.88 Å². The highest BCUT2D eigenvalue weighted by Crippen LogP contribution is 2.42. The molecule has 1 aliphatic rings. The third-order valence-corrected chi connectivity index (χ3v) is 6.75. The van der Waals surface area contributed by atoms with Gasteiger partial charge < -0.3 is 0 Å². The summed E-state index contributed by atoms with van der Waals surface area (Å²) in [5.74, 6) is -0.532. The van der Waals surface area contributed by atoms with E-state index in [1.54, 1.807) is 27.8 Å². The zero-order valence-corrected chi connectivity index (χ0v) is 14.9. The van der Waals surface area contributed by atoms with Gasteiger partial charge in [0, 0.05) is 30.2 Å². The van der Waals surface area contributed by atoms with Gasteiger partial charge in [0.2, 0.25) is 11.8 Å². The number of rotatable bonds is 8. The van der Waals surface area contributed by atoms with Crippen molar-refractivity contribution in [3.63, 3.8) is 0 Å². The lowest BCUT2D eigenvalue weighted by molar-refractivity contribution is -0.141. The number of imide groups is 1. The van der Waals surface area contributed by atoms with Crippen LogP contribution in [0, 0.1) is 0 Å². The molecule has 0 bridgehead atoms. The van der Waals surface area contributed by atoms with Crippen molar-refractivity contribution in [3.05, 3.63) is 24.4 Å². The third kappa shape index (κ3) is 5.66. The fraction of sp³-hybridized carbons (Fsp3) is 0.500. The molecule has 0 aliphatic carbocycles. The number of likely N-dealkylation sites (tertiary alicyclic amines) is 1. The SMILES string of the molecule is CC(C)(CCC(=O)CN1C(=O)CCC1=O)SSc1ccccn1. The standard InChI is InChI=1S/C16H20N2O3S2/c1-16(2,23-22-13-5-3-4-10-17-13)9-8-12(19)11-18-14(20)6-7-15(18)21/h3-5,10H,6-9,11H2,1-2H3. The van der Waals surface area contributed by atoms with Gasteiger partial charge in [-0.15, -0.1) is 0 Å². The largest absolute Gasteiger partial charge is 0.298 e. The maximum atomic E-state index is 12.0. The topological polar surface area (TPSA) is 67.3 Å². The number of pyridine rings is 1. The van der Waals surface area contributed by atoms with E-state index in [-0.39, 0.29) is 41.7 Å². The van der Waals surface area contributed by atoms with Crippen LogP contribution in [0.5, 0.6) is 0 Å². The molecular weight excluding hydrogens is 332 g/mol. The lowest BCUT2D eigenvalue weighted by Crippen LogP contribution is -2.34. The minimum Gasteiger partial charge on any atom is -0.298 e. The van der Waals surface area contributed by atoms with E-state index in [1.165, 1.54) is 0 Å². The Hall–Kier alpha value is -1.34. The Kier molecular flexibility index (Phi) is 6.24. The first-order chi connectivity index (χ1) is 10.9. The van der Waals surface area contributed by atoms with Gasteiger partial charge in [-0.25, -0.2) is 4.98 Å². The Balaban J connectivity index is 1.76. The van der Waals surface area contributed by atoms with Gasteiger partial charge in [0.15, 0.2) is 5.78 Å². The van der Waals surface area contributed by atoms with Gasteiger partial charge in [0.25, 0.3) is 0 Å². The molecule has 1 aromatic heterocycles. The van der Waals surface area contributed by atoms with Crippen molar-refractivity contribution in [2.45, 2.75) is 49.3 Å². The number of hydrogen-bond acceptors (Lipinski definition) is 6. The monoisotopic (exact) mass is 352 g/mol. The molecule has 1 aromatic rings. The van der Waals surface area contributed by atoms with Crippen LogP contribution in [0.2, 0.25) is 0 Å². The maximum absolute atomic E-state index is 12.0. The lowest BCUT2D eigenvalue weighted by atomic mass is 10.0. The van der Waals surface area contributed by atoms with Crippen molar-refractivity contribution in [2.75, 3.05) is 6.54 Å². The molecule has 0 saturated carbocycles. The van der Waals surface area contributed by atoms with Gasteiger partial charge >= 0.3 is 0 Å². The van der Waals surface area contributed by atoms with Crippen molar-refractivity contribution >= 4 is 39.2 Å². The molecule has 0 atom stereocenters. The average Bonchev–Trinajstić information content (AvgIpc) is 2.84. The predicted molar refractivity (Wildman–Crippen MR) is 92.0 cm³/mol. The Morgan fingerprint density at radius 1 is 1.26 bits per heavy atom. The van der Waals surface area contributed by atoms with E-state index in [2.05, 4.69) is 18.8 Å². The number of ketones is 1. The molecule has 124 valence electrons. The van der Waals surface area contributed by atoms with Gasteiger partial charge in [0.1, 0.15) is 5.03 Å². The smallest absolute Gasteiger partial charge is 0.230 e. The van der Waals surface area contributed by atoms with Gasteiger partial charge in [-0.2, -0.15) is 0 Å². The van der Waals surface area contributed by atoms with E-state index in [0.29, 0.717) is 12.8 Å². The molecule has 0 N–H and O–H groups in total. The molecular formula is C16H20N2O3S2. The zero-order valence-electron chi connectivity index (χ0n) is 13.3. The Labute approximate surface area is 144 Å². The van der Waals surface area contributed by atoms with Gasteiger partial charge in [0.05, 0.1) is 6.54 Å². The third-order valence-electron chi connectivity index (χ3n) is 3.49. The molecule has 2 amide bonds. The number of carbonyl (C=O) groups excluding carboxylic acids is 3. The number of amides is 2. The Bertz CT molecular complexity index is 574. The predicted octanol–water partition coefficient (Wildman–Crippen LogP) is 3.10. The fourth-order valence-corrected chi connectivity index (χ4v) is 4.30. The van der Waals surface area contributed by atoms with E-state index in [9.17, 15) is 14.4 Å². The molecule has 0 unspecified atom stereocenters. The van der Waals surface area contributed by atoms with Crippen LogP contribution in [0.3, 0.4) is 0 Å². The molecule has 0 spiro atoms. The first kappa shape index (κ1) is 18.0. The summed E-state index contributed by atoms with van der Waals surface area (Å²) in [6.07, 6.45) is 3.26. The van der Waals surface area contributed by atoms with Crippen LogP contribution in [0.25, 0.3) is 0 Å². The molecule has 7 heteroatoms. The summed E-state index contributed by atoms with van der Waals surface area (Å²) in [7, 11) is 3.26. The normalized spacial score (nSPS) is 15.3. The van der Waals surface area contributed by atoms with Crippen molar-refractivity contribution in [2.24, 2.45) is 0 Å². The number of hydrogen-bond donors (Lipinski definition) is 0. The summed E-state index contributed by atoms with van der Waals surface area (Å²) in [6.45, 7) is 4.08. The van der Waals surface area contributed by atoms with Crippen LogP contribution in [0.15, 0.2) is 29.4 Å². The van der Waals surface area contributed by atoms with Gasteiger partial charge in [-0.3, -0.25) is 19.3 Å². The molecule has 2 rings (SSSR count). The van der Waals surface area contributed by atoms with Crippen molar-refractivity contribution in [3.8, 4) is 0 Å². The first-order valence-corrected chi connectivity index (χ1v) is 9.64. The lowest BCUT2D eigenvalue weighted by Gasteiger charge is -2.23. The van der Waals surface area contributed by atoms with Gasteiger partial charge in [-0.05, 0) is 43.2 Å². The second-order valence-corrected chi connectivity index (χ2v) is 8.86. The van der Waals surface area contributed by atoms with Crippen LogP contribution in [-0.2, 0) is 14.4 Å². The summed E-state index contributed by atoms with van der Waals surface area (Å²) in [6, 6.07) is 5.76. The van der Waals surface area contributed by atoms with Crippen LogP contribution < -0.4 is 0 Å². The molecule has 1 aliphatic heterocycles. The number of carbonyl (C=O) groups is 3. The van der Waals surface area contributed by atoms with E-state index in [0.717, 1.165) is 9.93 Å². The van der Waals surface area contributed by atoms with Gasteiger partial charge in [-0.1, -0.05) is 16.9 Å². The average molecular weight is 352 g/mol. The highest BCUT2D eigenvalue weighted by molar-refractivity contribution is 8.77. The van der Waals surface area contributed by atoms with Crippen molar-refractivity contribution < 1.29 is 14.4 Å². The minimum absolute atomic E-state index is 0.0647. The van der Waals surface area contributed by atoms with Crippen LogP contribution >= 0.6 is 21.6 Å². The summed E-state index contributed by atoms with van der Waals surface area (Å²) >= 11 is 0. The summed E-state index contributed by atoms with van der Waals surface area (Å²) < 4.78 is -0.100. The second kappa shape index (κ2) is 7.97. The van der Waals surface area contributed by atoms with Crippen LogP contribution in [0.1, 0.15) is 39.5 Å². The Morgan fingerprint density at radius 3 is 2.57 bits per heavy atom. The minimum atomic E-state index is -0.234. The molecule has 23 heavy (non-hydrogen) atoms. The molecule has 1 fully saturated rings. The summed E-state index contributed by atoms with van der Waals surface area (Å²) in [4.78, 5) is 40.4. The number of Topliss-reactive ketones (excluding diaryl/α,β-unsaturated/α-hetero) is 1. The van der Waals surface area contributed by atoms with Crippen molar-refractivity contribution in [1.29, 1.82) is 0 Å². The number of aromatic nitrogens is 1. The van der Waals surface area contributed by atoms with E-state index in [1.807, 2.05) is 18.2 Å². The van der Waals surface area contributed by atoms with E-state index < -0.39 is 0 Å². The molecule has 1 saturated heterocycles. The highest BCUT2D eigenvalue weighted by Gasteiger charge is 2.30. The van der Waals surface area contributed by atoms with Crippen LogP contribution in [-0.4, -0.2) is 38.8 Å². The number of nitrogens with zero attached hydrogens (tertiary/aromatic N) is 2. The summed E-state index contributed by atoms with van der Waals surface area (Å²) in [5.41, 5.74) is 0. The highest BCUT2D eigenvalue weighted by atomic mass is 33.1. The maximum Gasteiger partial charge on any atom is 0.230 e. The second-order valence-electron chi connectivity index (χ2n) is 6.01. The molecule has 0 aromatic carbocycles. The molecule has 5 nitrogen and oxygen atoms in total. The molecule has 2 heterocycles. The van der Waals surface area contributed by atoms with E-state index in [4.69, 9.17) is 0 Å². The first-order valence-electron chi connectivity index (χ1n) is 7.49. The van der Waals surface area contributed by atoms with E-state index >= 15 is 0 Å². The zero-order chi connectivity index (χ0) is 16.9. The van der Waals surface area contributed by atoms with Crippen LogP contribution in [0.4, 0.5) is 0 Å². The molecule has 0 radical (unpaired) electrons. The quantitative estimate of drug-likeness (QED) is 0.529.